The molecule has 0 bridgehead atoms. The molecule has 2 nitrogen and oxygen atoms in total. The molecule has 0 radical (unpaired) electrons. The van der Waals surface area contributed by atoms with Crippen molar-refractivity contribution < 1.29 is 0 Å². The minimum Gasteiger partial charge on any atom is -0.312 e. The van der Waals surface area contributed by atoms with Gasteiger partial charge in [0.15, 0.2) is 0 Å². The highest BCUT2D eigenvalue weighted by Crippen LogP contribution is 2.22. The molecule has 0 aromatic carbocycles. The number of nitrogens with zero attached hydrogens (tertiary/aromatic N) is 1. The van der Waals surface area contributed by atoms with Gasteiger partial charge in [-0.05, 0) is 54.1 Å². The van der Waals surface area contributed by atoms with Crippen LogP contribution in [0.4, 0.5) is 0 Å². The van der Waals surface area contributed by atoms with Crippen LogP contribution in [0.25, 0.3) is 0 Å². The van der Waals surface area contributed by atoms with Crippen molar-refractivity contribution in [1.82, 2.24) is 10.2 Å². The third-order valence-electron chi connectivity index (χ3n) is 3.22. The first-order chi connectivity index (χ1) is 5.92. The number of piperidine rings is 1. The Hall–Kier alpha value is -0.0800. The Kier molecular flexibility index (Phi) is 3.36. The second-order valence-corrected chi connectivity index (χ2v) is 5.22. The van der Waals surface area contributed by atoms with Gasteiger partial charge in [0.05, 0.1) is 0 Å². The van der Waals surface area contributed by atoms with Crippen molar-refractivity contribution in [3.05, 3.63) is 0 Å². The third-order valence-corrected chi connectivity index (χ3v) is 3.22. The van der Waals surface area contributed by atoms with Crippen molar-refractivity contribution in [3.63, 3.8) is 0 Å². The van der Waals surface area contributed by atoms with E-state index in [1.807, 2.05) is 0 Å². The minimum atomic E-state index is 0.325. The second-order valence-electron chi connectivity index (χ2n) is 5.22. The van der Waals surface area contributed by atoms with Crippen LogP contribution >= 0.6 is 0 Å². The Morgan fingerprint density at radius 3 is 2.46 bits per heavy atom. The summed E-state index contributed by atoms with van der Waals surface area (Å²) in [5, 5.41) is 3.56. The van der Waals surface area contributed by atoms with E-state index < -0.39 is 0 Å². The van der Waals surface area contributed by atoms with Crippen molar-refractivity contribution >= 4 is 0 Å². The van der Waals surface area contributed by atoms with Gasteiger partial charge < -0.3 is 10.2 Å². The van der Waals surface area contributed by atoms with Crippen LogP contribution in [0.5, 0.6) is 0 Å². The van der Waals surface area contributed by atoms with Crippen LogP contribution in [0.3, 0.4) is 0 Å². The molecule has 0 saturated carbocycles. The zero-order valence-electron chi connectivity index (χ0n) is 9.72. The fourth-order valence-corrected chi connectivity index (χ4v) is 2.11. The van der Waals surface area contributed by atoms with Gasteiger partial charge in [-0.15, -0.1) is 0 Å². The molecule has 1 saturated heterocycles. The zero-order valence-corrected chi connectivity index (χ0v) is 9.72. The lowest BCUT2D eigenvalue weighted by Gasteiger charge is -2.42. The number of rotatable bonds is 2. The molecule has 0 amide bonds. The summed E-state index contributed by atoms with van der Waals surface area (Å²) < 4.78 is 0. The summed E-state index contributed by atoms with van der Waals surface area (Å²) >= 11 is 0. The molecule has 78 valence electrons. The molecule has 1 heterocycles. The van der Waals surface area contributed by atoms with E-state index in [0.29, 0.717) is 11.6 Å². The Bertz CT molecular complexity index is 163. The van der Waals surface area contributed by atoms with Crippen LogP contribution in [0.15, 0.2) is 0 Å². The average Bonchev–Trinajstić information content (AvgIpc) is 2.01. The number of nitrogens with one attached hydrogen (secondary N) is 1. The van der Waals surface area contributed by atoms with Crippen molar-refractivity contribution in [2.45, 2.75) is 58.2 Å². The van der Waals surface area contributed by atoms with Gasteiger partial charge in [-0.25, -0.2) is 0 Å². The summed E-state index contributed by atoms with van der Waals surface area (Å²) in [6.45, 7) is 10.3. The maximum atomic E-state index is 3.56. The number of hydrogen-bond donors (Lipinski definition) is 1. The minimum absolute atomic E-state index is 0.325. The molecule has 0 spiro atoms. The highest BCUT2D eigenvalue weighted by Gasteiger charge is 2.30. The largest absolute Gasteiger partial charge is 0.312 e. The third kappa shape index (κ3) is 2.96. The summed E-state index contributed by atoms with van der Waals surface area (Å²) in [6, 6.07) is 1.43. The molecule has 0 aromatic heterocycles. The Balaban J connectivity index is 2.51. The Morgan fingerprint density at radius 1 is 1.38 bits per heavy atom. The molecule has 1 fully saturated rings. The fraction of sp³-hybridized carbons (Fsp3) is 1.00. The maximum absolute atomic E-state index is 3.56. The van der Waals surface area contributed by atoms with Crippen molar-refractivity contribution in [3.8, 4) is 0 Å². The van der Waals surface area contributed by atoms with Crippen molar-refractivity contribution in [2.75, 3.05) is 13.6 Å². The quantitative estimate of drug-likeness (QED) is 0.704. The summed E-state index contributed by atoms with van der Waals surface area (Å²) in [6.07, 6.45) is 2.56. The predicted octanol–water partition coefficient (Wildman–Crippen LogP) is 1.86. The van der Waals surface area contributed by atoms with Gasteiger partial charge in [0.2, 0.25) is 0 Å². The molecule has 1 N–H and O–H groups in total. The van der Waals surface area contributed by atoms with E-state index >= 15 is 0 Å². The van der Waals surface area contributed by atoms with Gasteiger partial charge in [0, 0.05) is 17.6 Å². The monoisotopic (exact) mass is 184 g/mol. The molecule has 0 aliphatic carbocycles. The lowest BCUT2D eigenvalue weighted by atomic mass is 9.88. The van der Waals surface area contributed by atoms with Crippen LogP contribution in [-0.4, -0.2) is 36.1 Å². The van der Waals surface area contributed by atoms with Crippen LogP contribution < -0.4 is 5.32 Å². The molecular formula is C11H24N2. The molecule has 1 aliphatic heterocycles. The molecule has 1 rings (SSSR count). The van der Waals surface area contributed by atoms with E-state index in [1.54, 1.807) is 0 Å². The van der Waals surface area contributed by atoms with Gasteiger partial charge >= 0.3 is 0 Å². The smallest absolute Gasteiger partial charge is 0.0140 e. The summed E-state index contributed by atoms with van der Waals surface area (Å²) in [7, 11) is 2.25. The average molecular weight is 184 g/mol. The van der Waals surface area contributed by atoms with Gasteiger partial charge in [-0.3, -0.25) is 0 Å². The highest BCUT2D eigenvalue weighted by molar-refractivity contribution is 4.90. The van der Waals surface area contributed by atoms with Crippen LogP contribution in [-0.2, 0) is 0 Å². The summed E-state index contributed by atoms with van der Waals surface area (Å²) in [5.74, 6) is 0. The van der Waals surface area contributed by atoms with Crippen LogP contribution in [0.2, 0.25) is 0 Å². The van der Waals surface area contributed by atoms with E-state index in [2.05, 4.69) is 45.0 Å². The lowest BCUT2D eigenvalue weighted by Crippen LogP contribution is -2.53. The molecule has 1 unspecified atom stereocenters. The van der Waals surface area contributed by atoms with Crippen molar-refractivity contribution in [2.24, 2.45) is 0 Å². The van der Waals surface area contributed by atoms with E-state index in [4.69, 9.17) is 0 Å². The SMILES string of the molecule is CC(C)N(C)C1CCNC(C)(C)C1. The Labute approximate surface area is 82.7 Å². The summed E-state index contributed by atoms with van der Waals surface area (Å²) in [4.78, 5) is 2.50. The molecule has 2 heteroatoms. The first kappa shape index (κ1) is 11.0. The van der Waals surface area contributed by atoms with Gasteiger partial charge in [0.25, 0.3) is 0 Å². The first-order valence-corrected chi connectivity index (χ1v) is 5.39. The molecule has 1 atom stereocenters. The zero-order chi connectivity index (χ0) is 10.1. The van der Waals surface area contributed by atoms with E-state index in [9.17, 15) is 0 Å². The topological polar surface area (TPSA) is 15.3 Å². The first-order valence-electron chi connectivity index (χ1n) is 5.39. The van der Waals surface area contributed by atoms with Crippen LogP contribution in [0, 0.1) is 0 Å². The summed E-state index contributed by atoms with van der Waals surface area (Å²) in [5.41, 5.74) is 0.325. The molecule has 0 aromatic rings. The Morgan fingerprint density at radius 2 is 2.00 bits per heavy atom. The highest BCUT2D eigenvalue weighted by atomic mass is 15.2. The second kappa shape index (κ2) is 3.97. The van der Waals surface area contributed by atoms with Crippen molar-refractivity contribution in [1.29, 1.82) is 0 Å². The fourth-order valence-electron chi connectivity index (χ4n) is 2.11. The maximum Gasteiger partial charge on any atom is 0.0140 e. The normalized spacial score (nSPS) is 28.4. The predicted molar refractivity (Wildman–Crippen MR) is 58.0 cm³/mol. The van der Waals surface area contributed by atoms with Crippen LogP contribution in [0.1, 0.15) is 40.5 Å². The number of hydrogen-bond acceptors (Lipinski definition) is 2. The van der Waals surface area contributed by atoms with E-state index in [-0.39, 0.29) is 0 Å². The lowest BCUT2D eigenvalue weighted by molar-refractivity contribution is 0.118. The molecule has 13 heavy (non-hydrogen) atoms. The van der Waals surface area contributed by atoms with E-state index in [1.165, 1.54) is 12.8 Å². The molecular weight excluding hydrogens is 160 g/mol. The van der Waals surface area contributed by atoms with Gasteiger partial charge in [0.1, 0.15) is 0 Å². The van der Waals surface area contributed by atoms with Gasteiger partial charge in [-0.1, -0.05) is 0 Å². The standard InChI is InChI=1S/C11H24N2/c1-9(2)13(5)10-6-7-12-11(3,4)8-10/h9-10,12H,6-8H2,1-5H3. The molecule has 1 aliphatic rings. The van der Waals surface area contributed by atoms with Gasteiger partial charge in [-0.2, -0.15) is 0 Å². The van der Waals surface area contributed by atoms with E-state index in [0.717, 1.165) is 12.6 Å².